The van der Waals surface area contributed by atoms with Gasteiger partial charge in [0.15, 0.2) is 5.96 Å². The zero-order chi connectivity index (χ0) is 21.1. The van der Waals surface area contributed by atoms with Gasteiger partial charge >= 0.3 is 0 Å². The molecule has 3 N–H and O–H groups in total. The minimum absolute atomic E-state index is 0.152. The van der Waals surface area contributed by atoms with Crippen molar-refractivity contribution in [1.29, 1.82) is 0 Å². The summed E-state index contributed by atoms with van der Waals surface area (Å²) >= 11 is 0. The molecule has 164 valence electrons. The number of nitrogens with one attached hydrogen (secondary N) is 2. The van der Waals surface area contributed by atoms with Gasteiger partial charge in [0.1, 0.15) is 5.75 Å². The summed E-state index contributed by atoms with van der Waals surface area (Å²) in [4.78, 5) is 7.13. The number of ether oxygens (including phenoxy) is 1. The van der Waals surface area contributed by atoms with Gasteiger partial charge in [-0.3, -0.25) is 4.99 Å². The van der Waals surface area contributed by atoms with E-state index in [1.54, 1.807) is 7.11 Å². The average molecular weight is 405 g/mol. The third-order valence-electron chi connectivity index (χ3n) is 6.06. The van der Waals surface area contributed by atoms with Crippen molar-refractivity contribution in [2.24, 2.45) is 10.4 Å². The Hall–Kier alpha value is -1.79. The van der Waals surface area contributed by atoms with E-state index in [0.29, 0.717) is 0 Å². The van der Waals surface area contributed by atoms with E-state index in [-0.39, 0.29) is 18.1 Å². The lowest BCUT2D eigenvalue weighted by atomic mass is 9.72. The summed E-state index contributed by atoms with van der Waals surface area (Å²) in [7, 11) is 5.89. The molecule has 1 aliphatic carbocycles. The molecule has 0 aliphatic heterocycles. The van der Waals surface area contributed by atoms with Crippen LogP contribution >= 0.6 is 0 Å². The molecule has 0 heterocycles. The molecule has 6 heteroatoms. The van der Waals surface area contributed by atoms with Gasteiger partial charge in [-0.05, 0) is 51.8 Å². The van der Waals surface area contributed by atoms with E-state index in [2.05, 4.69) is 48.7 Å². The van der Waals surface area contributed by atoms with Crippen molar-refractivity contribution in [2.75, 3.05) is 47.4 Å². The third kappa shape index (κ3) is 6.89. The van der Waals surface area contributed by atoms with Gasteiger partial charge in [-0.2, -0.15) is 0 Å². The van der Waals surface area contributed by atoms with Gasteiger partial charge in [0.2, 0.25) is 0 Å². The number of likely N-dealkylation sites (N-methyl/N-ethyl adjacent to an activating group) is 1. The summed E-state index contributed by atoms with van der Waals surface area (Å²) in [5, 5.41) is 16.5. The Kier molecular flexibility index (Phi) is 9.74. The quantitative estimate of drug-likeness (QED) is 0.413. The SMILES string of the molecule is CCNC(=NCC1(CCO)CCCCC1)NCC(c1ccccc1OC)N(C)C. The number of aliphatic hydroxyl groups is 1. The van der Waals surface area contributed by atoms with Crippen molar-refractivity contribution in [3.05, 3.63) is 29.8 Å². The van der Waals surface area contributed by atoms with E-state index < -0.39 is 0 Å². The molecule has 0 radical (unpaired) electrons. The summed E-state index contributed by atoms with van der Waals surface area (Å²) in [5.41, 5.74) is 1.31. The number of hydrogen-bond acceptors (Lipinski definition) is 4. The number of aliphatic hydroxyl groups excluding tert-OH is 1. The number of nitrogens with zero attached hydrogens (tertiary/aromatic N) is 2. The summed E-state index contributed by atoms with van der Waals surface area (Å²) in [6, 6.07) is 8.34. The summed E-state index contributed by atoms with van der Waals surface area (Å²) in [6.07, 6.45) is 6.97. The van der Waals surface area contributed by atoms with Crippen LogP contribution in [0.4, 0.5) is 0 Å². The fourth-order valence-corrected chi connectivity index (χ4v) is 4.32. The third-order valence-corrected chi connectivity index (χ3v) is 6.06. The molecule has 6 nitrogen and oxygen atoms in total. The van der Waals surface area contributed by atoms with Crippen LogP contribution in [-0.4, -0.2) is 63.4 Å². The van der Waals surface area contributed by atoms with Crippen LogP contribution in [0.25, 0.3) is 0 Å². The first kappa shape index (κ1) is 23.5. The molecule has 1 atom stereocenters. The molecule has 1 aromatic rings. The van der Waals surface area contributed by atoms with Crippen LogP contribution in [-0.2, 0) is 0 Å². The highest BCUT2D eigenvalue weighted by molar-refractivity contribution is 5.79. The Bertz CT molecular complexity index is 622. The Balaban J connectivity index is 2.10. The maximum atomic E-state index is 9.57. The second kappa shape index (κ2) is 12.0. The Morgan fingerprint density at radius 3 is 2.55 bits per heavy atom. The van der Waals surface area contributed by atoms with Crippen LogP contribution in [0.1, 0.15) is 57.1 Å². The van der Waals surface area contributed by atoms with Crippen molar-refractivity contribution >= 4 is 5.96 Å². The lowest BCUT2D eigenvalue weighted by Gasteiger charge is -2.36. The summed E-state index contributed by atoms with van der Waals surface area (Å²) in [6.45, 7) is 4.65. The van der Waals surface area contributed by atoms with Gasteiger partial charge < -0.3 is 25.4 Å². The monoisotopic (exact) mass is 404 g/mol. The van der Waals surface area contributed by atoms with Crippen LogP contribution in [0.15, 0.2) is 29.3 Å². The Morgan fingerprint density at radius 1 is 1.21 bits per heavy atom. The molecule has 0 amide bonds. The number of aliphatic imine (C=N–C) groups is 1. The van der Waals surface area contributed by atoms with Gasteiger partial charge in [-0.25, -0.2) is 0 Å². The summed E-state index contributed by atoms with van der Waals surface area (Å²) < 4.78 is 5.57. The van der Waals surface area contributed by atoms with Crippen LogP contribution < -0.4 is 15.4 Å². The molecule has 1 aromatic carbocycles. The molecule has 2 rings (SSSR count). The van der Waals surface area contributed by atoms with Crippen LogP contribution in [0.2, 0.25) is 0 Å². The predicted octanol–water partition coefficient (Wildman–Crippen LogP) is 3.19. The molecule has 1 fully saturated rings. The minimum atomic E-state index is 0.152. The predicted molar refractivity (Wildman–Crippen MR) is 121 cm³/mol. The lowest BCUT2D eigenvalue weighted by molar-refractivity contribution is 0.137. The number of benzene rings is 1. The molecule has 0 aromatic heterocycles. The van der Waals surface area contributed by atoms with Crippen molar-refractivity contribution in [1.82, 2.24) is 15.5 Å². The lowest BCUT2D eigenvalue weighted by Crippen LogP contribution is -2.42. The number of guanidine groups is 1. The number of methoxy groups -OCH3 is 1. The highest BCUT2D eigenvalue weighted by Crippen LogP contribution is 2.39. The van der Waals surface area contributed by atoms with Crippen molar-refractivity contribution in [3.8, 4) is 5.75 Å². The van der Waals surface area contributed by atoms with Gasteiger partial charge in [-0.1, -0.05) is 37.5 Å². The maximum absolute atomic E-state index is 9.57. The molecule has 0 bridgehead atoms. The Morgan fingerprint density at radius 2 is 1.93 bits per heavy atom. The molecule has 29 heavy (non-hydrogen) atoms. The normalized spacial score (nSPS) is 17.8. The largest absolute Gasteiger partial charge is 0.496 e. The van der Waals surface area contributed by atoms with E-state index in [0.717, 1.165) is 56.2 Å². The van der Waals surface area contributed by atoms with Crippen molar-refractivity contribution in [3.63, 3.8) is 0 Å². The maximum Gasteiger partial charge on any atom is 0.191 e. The zero-order valence-electron chi connectivity index (χ0n) is 18.7. The van der Waals surface area contributed by atoms with E-state index >= 15 is 0 Å². The van der Waals surface area contributed by atoms with Gasteiger partial charge in [-0.15, -0.1) is 0 Å². The van der Waals surface area contributed by atoms with E-state index in [1.807, 2.05) is 12.1 Å². The van der Waals surface area contributed by atoms with Crippen molar-refractivity contribution in [2.45, 2.75) is 51.5 Å². The first-order valence-electron chi connectivity index (χ1n) is 11.0. The fraction of sp³-hybridized carbons (Fsp3) is 0.696. The molecule has 1 unspecified atom stereocenters. The number of hydrogen-bond donors (Lipinski definition) is 3. The smallest absolute Gasteiger partial charge is 0.191 e. The highest BCUT2D eigenvalue weighted by atomic mass is 16.5. The van der Waals surface area contributed by atoms with E-state index in [9.17, 15) is 5.11 Å². The van der Waals surface area contributed by atoms with Crippen molar-refractivity contribution < 1.29 is 9.84 Å². The topological polar surface area (TPSA) is 69.1 Å². The Labute approximate surface area is 176 Å². The standard InChI is InChI=1S/C23H40N4O2/c1-5-24-22(26-18-23(15-16-28)13-9-6-10-14-23)25-17-20(27(2)3)19-11-7-8-12-21(19)29-4/h7-8,11-12,20,28H,5-6,9-10,13-18H2,1-4H3,(H2,24,25,26). The zero-order valence-corrected chi connectivity index (χ0v) is 18.7. The van der Waals surface area contributed by atoms with Crippen LogP contribution in [0, 0.1) is 5.41 Å². The molecular weight excluding hydrogens is 364 g/mol. The second-order valence-corrected chi connectivity index (χ2v) is 8.33. The summed E-state index contributed by atoms with van der Waals surface area (Å²) in [5.74, 6) is 1.75. The first-order valence-corrected chi connectivity index (χ1v) is 11.0. The molecule has 0 spiro atoms. The number of para-hydroxylation sites is 1. The molecular formula is C23H40N4O2. The average Bonchev–Trinajstić information content (AvgIpc) is 2.73. The van der Waals surface area contributed by atoms with Crippen LogP contribution in [0.3, 0.4) is 0 Å². The molecule has 0 saturated heterocycles. The second-order valence-electron chi connectivity index (χ2n) is 8.33. The van der Waals surface area contributed by atoms with Gasteiger partial charge in [0.25, 0.3) is 0 Å². The van der Waals surface area contributed by atoms with E-state index in [1.165, 1.54) is 19.3 Å². The van der Waals surface area contributed by atoms with Gasteiger partial charge in [0, 0.05) is 31.8 Å². The first-order chi connectivity index (χ1) is 14.0. The number of rotatable bonds is 10. The van der Waals surface area contributed by atoms with E-state index in [4.69, 9.17) is 9.73 Å². The fourth-order valence-electron chi connectivity index (χ4n) is 4.32. The van der Waals surface area contributed by atoms with Crippen LogP contribution in [0.5, 0.6) is 5.75 Å². The van der Waals surface area contributed by atoms with Gasteiger partial charge in [0.05, 0.1) is 13.2 Å². The minimum Gasteiger partial charge on any atom is -0.496 e. The molecule has 1 saturated carbocycles. The molecule has 1 aliphatic rings. The highest BCUT2D eigenvalue weighted by Gasteiger charge is 2.31.